The van der Waals surface area contributed by atoms with Gasteiger partial charge in [-0.1, -0.05) is 15.9 Å². The van der Waals surface area contributed by atoms with E-state index < -0.39 is 10.0 Å². The average Bonchev–Trinajstić information content (AvgIpc) is 2.78. The lowest BCUT2D eigenvalue weighted by Gasteiger charge is -2.27. The summed E-state index contributed by atoms with van der Waals surface area (Å²) in [7, 11) is -3.39. The Kier molecular flexibility index (Phi) is 3.89. The van der Waals surface area contributed by atoms with Crippen LogP contribution in [0.5, 0.6) is 0 Å². The summed E-state index contributed by atoms with van der Waals surface area (Å²) in [5.74, 6) is 0. The van der Waals surface area contributed by atoms with Crippen molar-refractivity contribution in [2.45, 2.75) is 36.2 Å². The number of hydrogen-bond acceptors (Lipinski definition) is 3. The van der Waals surface area contributed by atoms with Gasteiger partial charge in [0.15, 0.2) is 5.03 Å². The summed E-state index contributed by atoms with van der Waals surface area (Å²) in [6.07, 6.45) is 4.86. The van der Waals surface area contributed by atoms with Crippen LogP contribution >= 0.6 is 15.9 Å². The second-order valence-electron chi connectivity index (χ2n) is 4.12. The van der Waals surface area contributed by atoms with E-state index >= 15 is 0 Å². The zero-order chi connectivity index (χ0) is 12.5. The maximum atomic E-state index is 12.3. The number of imidazole rings is 1. The molecule has 1 fully saturated rings. The third-order valence-corrected chi connectivity index (χ3v) is 5.66. The van der Waals surface area contributed by atoms with Gasteiger partial charge in [0.25, 0.3) is 10.0 Å². The Morgan fingerprint density at radius 2 is 2.12 bits per heavy atom. The molecule has 5 nitrogen and oxygen atoms in total. The van der Waals surface area contributed by atoms with Crippen molar-refractivity contribution in [3.8, 4) is 0 Å². The fourth-order valence-electron chi connectivity index (χ4n) is 1.84. The zero-order valence-electron chi connectivity index (χ0n) is 9.71. The van der Waals surface area contributed by atoms with Crippen molar-refractivity contribution in [1.82, 2.24) is 13.9 Å². The van der Waals surface area contributed by atoms with E-state index in [0.717, 1.165) is 19.4 Å². The molecule has 1 aliphatic rings. The average molecular weight is 322 g/mol. The van der Waals surface area contributed by atoms with Gasteiger partial charge >= 0.3 is 0 Å². The lowest BCUT2D eigenvalue weighted by atomic mass is 10.2. The fraction of sp³-hybridized carbons (Fsp3) is 0.700. The molecule has 0 saturated carbocycles. The minimum absolute atomic E-state index is 0.160. The molecule has 0 unspecified atom stereocenters. The summed E-state index contributed by atoms with van der Waals surface area (Å²) in [5, 5.41) is 0.160. The largest absolute Gasteiger partial charge is 0.336 e. The van der Waals surface area contributed by atoms with Gasteiger partial charge in [0.2, 0.25) is 0 Å². The van der Waals surface area contributed by atoms with Gasteiger partial charge in [-0.05, 0) is 19.8 Å². The van der Waals surface area contributed by atoms with E-state index in [9.17, 15) is 8.42 Å². The van der Waals surface area contributed by atoms with Crippen LogP contribution in [-0.2, 0) is 16.6 Å². The predicted octanol–water partition coefficient (Wildman–Crippen LogP) is 1.45. The number of alkyl halides is 1. The number of aryl methyl sites for hydroxylation is 1. The van der Waals surface area contributed by atoms with Crippen molar-refractivity contribution in [2.24, 2.45) is 0 Å². The molecule has 7 heteroatoms. The molecule has 0 aliphatic carbocycles. The Morgan fingerprint density at radius 1 is 1.47 bits per heavy atom. The first-order valence-electron chi connectivity index (χ1n) is 5.70. The molecule has 96 valence electrons. The molecule has 0 atom stereocenters. The SMILES string of the molecule is CCn1cnc(S(=O)(=O)N2CCC(Br)CC2)c1. The highest BCUT2D eigenvalue weighted by Crippen LogP contribution is 2.22. The van der Waals surface area contributed by atoms with Gasteiger partial charge in [0.1, 0.15) is 0 Å². The number of piperidine rings is 1. The van der Waals surface area contributed by atoms with E-state index in [1.54, 1.807) is 17.1 Å². The molecule has 0 aromatic carbocycles. The molecule has 0 spiro atoms. The second kappa shape index (κ2) is 5.07. The number of nitrogens with zero attached hydrogens (tertiary/aromatic N) is 3. The predicted molar refractivity (Wildman–Crippen MR) is 68.6 cm³/mol. The van der Waals surface area contributed by atoms with Crippen LogP contribution in [0.1, 0.15) is 19.8 Å². The summed E-state index contributed by atoms with van der Waals surface area (Å²) in [6, 6.07) is 0. The minimum atomic E-state index is -3.39. The van der Waals surface area contributed by atoms with Crippen LogP contribution in [0, 0.1) is 0 Å². The van der Waals surface area contributed by atoms with Crippen molar-refractivity contribution in [2.75, 3.05) is 13.1 Å². The molecule has 17 heavy (non-hydrogen) atoms. The molecule has 1 aliphatic heterocycles. The van der Waals surface area contributed by atoms with E-state index in [1.807, 2.05) is 6.92 Å². The van der Waals surface area contributed by atoms with Gasteiger partial charge in [-0.15, -0.1) is 0 Å². The highest BCUT2D eigenvalue weighted by Gasteiger charge is 2.30. The number of sulfonamides is 1. The van der Waals surface area contributed by atoms with E-state index in [2.05, 4.69) is 20.9 Å². The monoisotopic (exact) mass is 321 g/mol. The molecule has 0 bridgehead atoms. The summed E-state index contributed by atoms with van der Waals surface area (Å²) < 4.78 is 27.8. The standard InChI is InChI=1S/C10H16BrN3O2S/c1-2-13-7-10(12-8-13)17(15,16)14-5-3-9(11)4-6-14/h7-9H,2-6H2,1H3. The molecule has 0 N–H and O–H groups in total. The van der Waals surface area contributed by atoms with Crippen molar-refractivity contribution >= 4 is 26.0 Å². The first kappa shape index (κ1) is 13.0. The van der Waals surface area contributed by atoms with Gasteiger partial charge in [-0.2, -0.15) is 4.31 Å². The highest BCUT2D eigenvalue weighted by atomic mass is 79.9. The minimum Gasteiger partial charge on any atom is -0.336 e. The van der Waals surface area contributed by atoms with Gasteiger partial charge < -0.3 is 4.57 Å². The number of rotatable bonds is 3. The summed E-state index contributed by atoms with van der Waals surface area (Å²) in [5.41, 5.74) is 0. The molecule has 2 rings (SSSR count). The van der Waals surface area contributed by atoms with E-state index in [0.29, 0.717) is 17.9 Å². The molecule has 2 heterocycles. The number of hydrogen-bond donors (Lipinski definition) is 0. The third-order valence-electron chi connectivity index (χ3n) is 2.96. The van der Waals surface area contributed by atoms with Gasteiger partial charge in [-0.25, -0.2) is 13.4 Å². The van der Waals surface area contributed by atoms with Crippen molar-refractivity contribution in [3.05, 3.63) is 12.5 Å². The maximum absolute atomic E-state index is 12.3. The maximum Gasteiger partial charge on any atom is 0.262 e. The summed E-state index contributed by atoms with van der Waals surface area (Å²) in [4.78, 5) is 4.41. The van der Waals surface area contributed by atoms with Crippen molar-refractivity contribution in [3.63, 3.8) is 0 Å². The third kappa shape index (κ3) is 2.71. The van der Waals surface area contributed by atoms with E-state index in [4.69, 9.17) is 0 Å². The summed E-state index contributed by atoms with van der Waals surface area (Å²) >= 11 is 3.51. The van der Waals surface area contributed by atoms with Crippen LogP contribution in [0.25, 0.3) is 0 Å². The normalized spacial score (nSPS) is 19.6. The Morgan fingerprint density at radius 3 is 2.65 bits per heavy atom. The molecular formula is C10H16BrN3O2S. The van der Waals surface area contributed by atoms with Crippen LogP contribution in [0.3, 0.4) is 0 Å². The van der Waals surface area contributed by atoms with Gasteiger partial charge in [0.05, 0.1) is 6.33 Å². The Bertz CT molecular complexity index is 477. The Hall–Kier alpha value is -0.400. The van der Waals surface area contributed by atoms with Gasteiger partial charge in [-0.3, -0.25) is 0 Å². The Balaban J connectivity index is 2.18. The lowest BCUT2D eigenvalue weighted by Crippen LogP contribution is -2.38. The zero-order valence-corrected chi connectivity index (χ0v) is 12.1. The first-order valence-corrected chi connectivity index (χ1v) is 8.05. The lowest BCUT2D eigenvalue weighted by molar-refractivity contribution is 0.353. The molecular weight excluding hydrogens is 306 g/mol. The fourth-order valence-corrected chi connectivity index (χ4v) is 3.66. The van der Waals surface area contributed by atoms with Crippen LogP contribution in [0.4, 0.5) is 0 Å². The van der Waals surface area contributed by atoms with Crippen LogP contribution < -0.4 is 0 Å². The van der Waals surface area contributed by atoms with Gasteiger partial charge in [0, 0.05) is 30.7 Å². The quantitative estimate of drug-likeness (QED) is 0.792. The first-order chi connectivity index (χ1) is 8.04. The van der Waals surface area contributed by atoms with Crippen molar-refractivity contribution < 1.29 is 8.42 Å². The molecule has 0 radical (unpaired) electrons. The molecule has 0 amide bonds. The van der Waals surface area contributed by atoms with Crippen molar-refractivity contribution in [1.29, 1.82) is 0 Å². The smallest absolute Gasteiger partial charge is 0.262 e. The van der Waals surface area contributed by atoms with Crippen LogP contribution in [0.2, 0.25) is 0 Å². The highest BCUT2D eigenvalue weighted by molar-refractivity contribution is 9.09. The van der Waals surface area contributed by atoms with E-state index in [-0.39, 0.29) is 5.03 Å². The summed E-state index contributed by atoms with van der Waals surface area (Å²) in [6.45, 7) is 3.81. The second-order valence-corrected chi connectivity index (χ2v) is 7.30. The molecule has 1 aromatic heterocycles. The van der Waals surface area contributed by atoms with E-state index in [1.165, 1.54) is 4.31 Å². The number of aromatic nitrogens is 2. The van der Waals surface area contributed by atoms with Crippen LogP contribution in [-0.4, -0.2) is 40.2 Å². The Labute approximate surface area is 110 Å². The topological polar surface area (TPSA) is 55.2 Å². The number of halogens is 1. The van der Waals surface area contributed by atoms with Crippen LogP contribution in [0.15, 0.2) is 17.6 Å². The molecule has 1 saturated heterocycles. The molecule has 1 aromatic rings.